The number of aryl methyl sites for hydroxylation is 1. The number of fused-ring (bicyclic) bond motifs is 1. The Morgan fingerprint density at radius 1 is 1.46 bits per heavy atom. The average Bonchev–Trinajstić information content (AvgIpc) is 3.26. The maximum Gasteiger partial charge on any atom is 0.255 e. The second-order valence-electron chi connectivity index (χ2n) is 6.51. The number of nitrogens with zero attached hydrogens (tertiary/aromatic N) is 4. The Labute approximate surface area is 145 Å². The third-order valence-corrected chi connectivity index (χ3v) is 5.68. The van der Waals surface area contributed by atoms with E-state index >= 15 is 0 Å². The largest absolute Gasteiger partial charge is 0.374 e. The normalized spacial score (nSPS) is 24.8. The van der Waals surface area contributed by atoms with E-state index in [1.165, 1.54) is 5.69 Å². The van der Waals surface area contributed by atoms with Crippen molar-refractivity contribution in [3.05, 3.63) is 40.6 Å². The van der Waals surface area contributed by atoms with Crippen molar-refractivity contribution in [2.24, 2.45) is 7.05 Å². The highest BCUT2D eigenvalue weighted by Gasteiger charge is 2.39. The highest BCUT2D eigenvalue weighted by molar-refractivity contribution is 7.08. The predicted octanol–water partition coefficient (Wildman–Crippen LogP) is 1.60. The molecule has 4 heterocycles. The standard InChI is InChI=1S/C17H22N4O2S/c1-19-12-18-8-14(19)9-20-4-2-16-15(10-20)21(5-6-23-16)17(22)13-3-7-24-11-13/h3,7-8,11-12,15-16H,2,4-6,9-10H2,1H3/t15-,16-/m1/s1. The van der Waals surface area contributed by atoms with Gasteiger partial charge >= 0.3 is 0 Å². The van der Waals surface area contributed by atoms with E-state index in [9.17, 15) is 4.79 Å². The van der Waals surface area contributed by atoms with Crippen LogP contribution in [0.2, 0.25) is 0 Å². The number of carbonyl (C=O) groups is 1. The summed E-state index contributed by atoms with van der Waals surface area (Å²) in [7, 11) is 2.02. The molecule has 0 unspecified atom stereocenters. The van der Waals surface area contributed by atoms with Crippen LogP contribution >= 0.6 is 11.3 Å². The molecule has 2 aromatic heterocycles. The third kappa shape index (κ3) is 2.99. The van der Waals surface area contributed by atoms with Crippen LogP contribution in [0.25, 0.3) is 0 Å². The van der Waals surface area contributed by atoms with Gasteiger partial charge in [0.15, 0.2) is 0 Å². The topological polar surface area (TPSA) is 50.6 Å². The van der Waals surface area contributed by atoms with E-state index in [-0.39, 0.29) is 18.1 Å². The van der Waals surface area contributed by atoms with E-state index in [2.05, 4.69) is 14.5 Å². The Hall–Kier alpha value is -1.70. The molecule has 4 rings (SSSR count). The van der Waals surface area contributed by atoms with E-state index < -0.39 is 0 Å². The van der Waals surface area contributed by atoms with Crippen LogP contribution in [0.3, 0.4) is 0 Å². The molecule has 1 amide bonds. The summed E-state index contributed by atoms with van der Waals surface area (Å²) in [6.45, 7) is 4.02. The Morgan fingerprint density at radius 2 is 2.38 bits per heavy atom. The first-order valence-electron chi connectivity index (χ1n) is 8.34. The van der Waals surface area contributed by atoms with E-state index in [0.29, 0.717) is 13.2 Å². The lowest BCUT2D eigenvalue weighted by Crippen LogP contribution is -2.61. The van der Waals surface area contributed by atoms with Gasteiger partial charge in [-0.1, -0.05) is 0 Å². The van der Waals surface area contributed by atoms with Gasteiger partial charge in [-0.05, 0) is 17.9 Å². The Kier molecular flexibility index (Phi) is 4.39. The first-order chi connectivity index (χ1) is 11.7. The van der Waals surface area contributed by atoms with Gasteiger partial charge in [-0.2, -0.15) is 11.3 Å². The molecule has 0 saturated carbocycles. The van der Waals surface area contributed by atoms with E-state index in [1.807, 2.05) is 41.3 Å². The minimum atomic E-state index is 0.133. The molecule has 24 heavy (non-hydrogen) atoms. The molecule has 2 fully saturated rings. The lowest BCUT2D eigenvalue weighted by Gasteiger charge is -2.47. The number of piperidine rings is 1. The van der Waals surface area contributed by atoms with Gasteiger partial charge in [0.25, 0.3) is 5.91 Å². The number of ether oxygens (including phenoxy) is 1. The molecule has 6 nitrogen and oxygen atoms in total. The Bertz CT molecular complexity index is 699. The van der Waals surface area contributed by atoms with Gasteiger partial charge in [0, 0.05) is 44.8 Å². The Balaban J connectivity index is 1.49. The average molecular weight is 346 g/mol. The van der Waals surface area contributed by atoms with Crippen LogP contribution in [0.4, 0.5) is 0 Å². The van der Waals surface area contributed by atoms with Crippen molar-refractivity contribution in [1.29, 1.82) is 0 Å². The smallest absolute Gasteiger partial charge is 0.255 e. The highest BCUT2D eigenvalue weighted by Crippen LogP contribution is 2.26. The molecule has 0 aromatic carbocycles. The lowest BCUT2D eigenvalue weighted by molar-refractivity contribution is -0.0916. The molecule has 7 heteroatoms. The molecule has 0 N–H and O–H groups in total. The van der Waals surface area contributed by atoms with Gasteiger partial charge < -0.3 is 14.2 Å². The van der Waals surface area contributed by atoms with Gasteiger partial charge in [-0.15, -0.1) is 0 Å². The van der Waals surface area contributed by atoms with Crippen LogP contribution in [0.15, 0.2) is 29.4 Å². The van der Waals surface area contributed by atoms with E-state index in [1.54, 1.807) is 11.3 Å². The first-order valence-corrected chi connectivity index (χ1v) is 9.29. The SMILES string of the molecule is Cn1cncc1CN1CC[C@H]2OCCN(C(=O)c3ccsc3)[C@@H]2C1. The zero-order valence-corrected chi connectivity index (χ0v) is 14.6. The summed E-state index contributed by atoms with van der Waals surface area (Å²) in [6.07, 6.45) is 4.87. The fourth-order valence-electron chi connectivity index (χ4n) is 3.65. The lowest BCUT2D eigenvalue weighted by atomic mass is 9.98. The fourth-order valence-corrected chi connectivity index (χ4v) is 4.28. The van der Waals surface area contributed by atoms with Crippen molar-refractivity contribution in [2.45, 2.75) is 25.1 Å². The number of morpholine rings is 1. The molecule has 2 atom stereocenters. The predicted molar refractivity (Wildman–Crippen MR) is 92.0 cm³/mol. The number of hydrogen-bond acceptors (Lipinski definition) is 5. The molecule has 2 aromatic rings. The van der Waals surface area contributed by atoms with Crippen LogP contribution in [-0.2, 0) is 18.3 Å². The summed E-state index contributed by atoms with van der Waals surface area (Å²) < 4.78 is 8.00. The second kappa shape index (κ2) is 6.66. The summed E-state index contributed by atoms with van der Waals surface area (Å²) in [5.41, 5.74) is 1.99. The molecule has 0 radical (unpaired) electrons. The maximum atomic E-state index is 12.8. The van der Waals surface area contributed by atoms with Crippen molar-refractivity contribution in [3.63, 3.8) is 0 Å². The minimum Gasteiger partial charge on any atom is -0.374 e. The van der Waals surface area contributed by atoms with Crippen molar-refractivity contribution < 1.29 is 9.53 Å². The number of aromatic nitrogens is 2. The zero-order chi connectivity index (χ0) is 16.5. The fraction of sp³-hybridized carbons (Fsp3) is 0.529. The number of imidazole rings is 1. The number of hydrogen-bond donors (Lipinski definition) is 0. The van der Waals surface area contributed by atoms with E-state index in [0.717, 1.165) is 31.6 Å². The maximum absolute atomic E-state index is 12.8. The van der Waals surface area contributed by atoms with Crippen LogP contribution < -0.4 is 0 Å². The van der Waals surface area contributed by atoms with Crippen molar-refractivity contribution in [3.8, 4) is 0 Å². The molecule has 0 aliphatic carbocycles. The second-order valence-corrected chi connectivity index (χ2v) is 7.29. The summed E-state index contributed by atoms with van der Waals surface area (Å²) >= 11 is 1.57. The van der Waals surface area contributed by atoms with Gasteiger partial charge in [0.1, 0.15) is 0 Å². The number of amides is 1. The minimum absolute atomic E-state index is 0.133. The van der Waals surface area contributed by atoms with Crippen molar-refractivity contribution in [2.75, 3.05) is 26.2 Å². The quantitative estimate of drug-likeness (QED) is 0.847. The van der Waals surface area contributed by atoms with Crippen LogP contribution in [0, 0.1) is 0 Å². The number of likely N-dealkylation sites (tertiary alicyclic amines) is 1. The number of thiophene rings is 1. The van der Waals surface area contributed by atoms with Gasteiger partial charge in [-0.25, -0.2) is 4.98 Å². The van der Waals surface area contributed by atoms with Crippen LogP contribution in [0.5, 0.6) is 0 Å². The monoisotopic (exact) mass is 346 g/mol. The van der Waals surface area contributed by atoms with Crippen LogP contribution in [0.1, 0.15) is 22.5 Å². The molecular formula is C17H22N4O2S. The molecule has 2 saturated heterocycles. The summed E-state index contributed by atoms with van der Waals surface area (Å²) in [5.74, 6) is 0.136. The highest BCUT2D eigenvalue weighted by atomic mass is 32.1. The molecule has 2 aliphatic heterocycles. The molecular weight excluding hydrogens is 324 g/mol. The molecule has 128 valence electrons. The summed E-state index contributed by atoms with van der Waals surface area (Å²) in [4.78, 5) is 21.5. The summed E-state index contributed by atoms with van der Waals surface area (Å²) in [5, 5.41) is 3.89. The van der Waals surface area contributed by atoms with Crippen LogP contribution in [-0.4, -0.2) is 63.6 Å². The number of carbonyl (C=O) groups excluding carboxylic acids is 1. The molecule has 0 bridgehead atoms. The van der Waals surface area contributed by atoms with Gasteiger partial charge in [0.2, 0.25) is 0 Å². The number of rotatable bonds is 3. The summed E-state index contributed by atoms with van der Waals surface area (Å²) in [6, 6.07) is 2.04. The third-order valence-electron chi connectivity index (χ3n) is 5.00. The van der Waals surface area contributed by atoms with Gasteiger partial charge in [0.05, 0.1) is 36.3 Å². The molecule has 2 aliphatic rings. The van der Waals surface area contributed by atoms with Crippen molar-refractivity contribution in [1.82, 2.24) is 19.4 Å². The molecule has 0 spiro atoms. The van der Waals surface area contributed by atoms with Gasteiger partial charge in [-0.3, -0.25) is 9.69 Å². The zero-order valence-electron chi connectivity index (χ0n) is 13.8. The Morgan fingerprint density at radius 3 is 3.12 bits per heavy atom. The van der Waals surface area contributed by atoms with E-state index in [4.69, 9.17) is 4.74 Å². The van der Waals surface area contributed by atoms with Crippen molar-refractivity contribution >= 4 is 17.2 Å². The first kappa shape index (κ1) is 15.8.